The third kappa shape index (κ3) is 20.9. The molecule has 1 aromatic rings. The maximum Gasteiger partial charge on any atom is 0.251 e. The van der Waals surface area contributed by atoms with Gasteiger partial charge in [0.15, 0.2) is 37.7 Å². The van der Waals surface area contributed by atoms with Gasteiger partial charge in [-0.15, -0.1) is 0 Å². The second-order valence-electron chi connectivity index (χ2n) is 25.3. The molecule has 0 aromatic heterocycles. The van der Waals surface area contributed by atoms with Crippen LogP contribution >= 0.6 is 0 Å². The number of benzene rings is 1. The average molecular weight is 1420 g/mol. The summed E-state index contributed by atoms with van der Waals surface area (Å²) in [6.07, 6.45) is -32.0. The van der Waals surface area contributed by atoms with Gasteiger partial charge in [0.05, 0.1) is 45.7 Å². The van der Waals surface area contributed by atoms with Gasteiger partial charge in [0.1, 0.15) is 146 Å². The van der Waals surface area contributed by atoms with E-state index in [0.717, 1.165) is 53.4 Å². The summed E-state index contributed by atoms with van der Waals surface area (Å²) in [4.78, 5) is 65.1. The molecule has 6 aliphatic heterocycles. The highest BCUT2D eigenvalue weighted by molar-refractivity contribution is 5.94. The molecule has 564 valence electrons. The van der Waals surface area contributed by atoms with Gasteiger partial charge >= 0.3 is 0 Å². The summed E-state index contributed by atoms with van der Waals surface area (Å²) in [6.45, 7) is 3.52. The van der Waals surface area contributed by atoms with E-state index in [9.17, 15) is 90.4 Å². The molecule has 0 bridgehead atoms. The van der Waals surface area contributed by atoms with Crippen LogP contribution in [-0.2, 0) is 76.0 Å². The predicted molar refractivity (Wildman–Crippen MR) is 333 cm³/mol. The molecular formula is C63H101N5O31. The van der Waals surface area contributed by atoms with E-state index in [2.05, 4.69) is 45.7 Å². The van der Waals surface area contributed by atoms with Crippen LogP contribution in [0.4, 0.5) is 0 Å². The Morgan fingerprint density at radius 1 is 0.465 bits per heavy atom. The summed E-state index contributed by atoms with van der Waals surface area (Å²) in [7, 11) is 1.21. The van der Waals surface area contributed by atoms with Crippen molar-refractivity contribution in [1.29, 1.82) is 0 Å². The number of hydrogen-bond donors (Lipinski definition) is 18. The number of aliphatic hydroxyl groups is 13. The SMILES string of the molecule is CCCCCCC=CCCCOc1cccc(C(=O)N[C@@H]2C(O[C@H]3C(O)C(NC(C)=O)C(OC4C(CO)O[C@@H](O[C@H]5C(O)C(NC(C)=O)C(OC6C(CO[C@@H]7OC(C)C(O)[C@H](O)[C@@H]7OC)O[C@@H](O)[C@@H](NC(C)=O)[C@H]6O)O[C@H]5CO)[C@@H](NC(C)=O)[C@H]4O)O[C@H]3CO)OC(CO)[C@@H](O)[C@@H]2O)c1. The van der Waals surface area contributed by atoms with Gasteiger partial charge in [-0.3, -0.25) is 24.0 Å². The van der Waals surface area contributed by atoms with Crippen LogP contribution in [0.25, 0.3) is 0 Å². The first-order valence-electron chi connectivity index (χ1n) is 33.2. The van der Waals surface area contributed by atoms with E-state index >= 15 is 0 Å². The van der Waals surface area contributed by atoms with Crippen LogP contribution in [0.1, 0.15) is 96.8 Å². The van der Waals surface area contributed by atoms with Crippen LogP contribution < -0.4 is 31.3 Å². The van der Waals surface area contributed by atoms with Gasteiger partial charge in [-0.25, -0.2) is 0 Å². The number of nitrogens with one attached hydrogen (secondary N) is 5. The van der Waals surface area contributed by atoms with E-state index in [4.69, 9.17) is 61.6 Å². The number of rotatable bonds is 32. The molecular weight excluding hydrogens is 1320 g/mol. The van der Waals surface area contributed by atoms with Crippen molar-refractivity contribution in [2.75, 3.05) is 46.8 Å². The number of hydrogen-bond acceptors (Lipinski definition) is 31. The maximum absolute atomic E-state index is 14.0. The maximum atomic E-state index is 14.0. The zero-order valence-corrected chi connectivity index (χ0v) is 56.1. The summed E-state index contributed by atoms with van der Waals surface area (Å²) in [5.74, 6) is -3.67. The van der Waals surface area contributed by atoms with E-state index in [1.807, 2.05) is 0 Å². The monoisotopic (exact) mass is 1420 g/mol. The first-order chi connectivity index (χ1) is 47.2. The molecule has 7 rings (SSSR count). The van der Waals surface area contributed by atoms with Crippen molar-refractivity contribution in [3.05, 3.63) is 42.0 Å². The standard InChI is InChI=1S/C63H101N5O31/c1-8-9-10-11-12-13-14-15-16-20-88-33-19-17-18-32(21-33)57(85)68-40-46(79)45(78)34(22-69)92-59(40)96-52-35(23-70)93-60(41(48(52)81)65-29(4)74)97-53-36(24-71)94-61(42(49(53)82)66-30(5)75)98-54-37(25-72)95-62(43(50(54)83)67-31(6)76)99-55-38(91-58(86)39(47(55)80)64-28(3)73)26-89-63-56(87-7)51(84)44(77)27(2)90-63/h13-14,17-19,21,27,34-56,58-63,69-72,77-84,86H,8-12,15-16,20,22-26H2,1-7H3,(H,64,73)(H,65,74)(H,66,75)(H,67,76)(H,68,85)/t27?,34?,35-,36?,37-,38?,39-,40-,41?,42-,43?,44?,45+,46+,47+,48?,49+,50?,51-,52+,53?,54+,55?,56-,58+,59?,60?,61-,62?,63+/m0/s1. The van der Waals surface area contributed by atoms with Gasteiger partial charge in [0, 0.05) is 40.4 Å². The lowest BCUT2D eigenvalue weighted by Crippen LogP contribution is -2.72. The normalized spacial score (nSPS) is 39.6. The lowest BCUT2D eigenvalue weighted by atomic mass is 9.93. The van der Waals surface area contributed by atoms with Crippen molar-refractivity contribution in [2.45, 2.75) is 270 Å². The number of carbonyl (C=O) groups excluding carboxylic acids is 5. The molecule has 1 aromatic carbocycles. The molecule has 0 saturated carbocycles. The Hall–Kier alpha value is -4.89. The molecule has 99 heavy (non-hydrogen) atoms. The summed E-state index contributed by atoms with van der Waals surface area (Å²) in [5.41, 5.74) is 0.0482. The van der Waals surface area contributed by atoms with Crippen LogP contribution in [-0.4, -0.2) is 327 Å². The lowest BCUT2D eigenvalue weighted by molar-refractivity contribution is -0.368. The molecule has 6 aliphatic rings. The quantitative estimate of drug-likeness (QED) is 0.0235. The fourth-order valence-electron chi connectivity index (χ4n) is 12.7. The highest BCUT2D eigenvalue weighted by Gasteiger charge is 2.58. The van der Waals surface area contributed by atoms with Crippen LogP contribution in [0.15, 0.2) is 36.4 Å². The van der Waals surface area contributed by atoms with Crippen molar-refractivity contribution >= 4 is 29.5 Å². The lowest BCUT2D eigenvalue weighted by Gasteiger charge is -2.51. The van der Waals surface area contributed by atoms with Crippen LogP contribution in [0.5, 0.6) is 5.75 Å². The zero-order chi connectivity index (χ0) is 72.5. The molecule has 0 aliphatic carbocycles. The molecule has 18 N–H and O–H groups in total. The predicted octanol–water partition coefficient (Wildman–Crippen LogP) is -6.72. The minimum absolute atomic E-state index is 0.0482. The first kappa shape index (κ1) is 81.4. The Morgan fingerprint density at radius 2 is 0.899 bits per heavy atom. The van der Waals surface area contributed by atoms with E-state index < -0.39 is 246 Å². The molecule has 0 radical (unpaired) electrons. The number of aliphatic hydroxyl groups excluding tert-OH is 13. The van der Waals surface area contributed by atoms with E-state index in [1.54, 1.807) is 12.1 Å². The van der Waals surface area contributed by atoms with Crippen molar-refractivity contribution < 1.29 is 152 Å². The molecule has 36 heteroatoms. The third-order valence-electron chi connectivity index (χ3n) is 17.8. The second-order valence-corrected chi connectivity index (χ2v) is 25.3. The van der Waals surface area contributed by atoms with Crippen LogP contribution in [0.2, 0.25) is 0 Å². The van der Waals surface area contributed by atoms with Crippen molar-refractivity contribution in [3.8, 4) is 5.75 Å². The van der Waals surface area contributed by atoms with Gasteiger partial charge < -0.3 is 155 Å². The fraction of sp³-hybridized carbons (Fsp3) is 0.794. The molecule has 6 saturated heterocycles. The van der Waals surface area contributed by atoms with Gasteiger partial charge in [-0.1, -0.05) is 44.4 Å². The Labute approximate surface area is 571 Å². The topological polar surface area (TPSA) is 528 Å². The highest BCUT2D eigenvalue weighted by Crippen LogP contribution is 2.37. The largest absolute Gasteiger partial charge is 0.494 e. The second kappa shape index (κ2) is 38.6. The van der Waals surface area contributed by atoms with Gasteiger partial charge in [0.2, 0.25) is 23.6 Å². The highest BCUT2D eigenvalue weighted by atomic mass is 16.8. The summed E-state index contributed by atoms with van der Waals surface area (Å²) >= 11 is 0. The molecule has 30 atom stereocenters. The van der Waals surface area contributed by atoms with Gasteiger partial charge in [-0.2, -0.15) is 0 Å². The molecule has 0 spiro atoms. The van der Waals surface area contributed by atoms with Gasteiger partial charge in [-0.05, 0) is 50.8 Å². The minimum Gasteiger partial charge on any atom is -0.494 e. The Kier molecular flexibility index (Phi) is 31.7. The van der Waals surface area contributed by atoms with E-state index in [-0.39, 0.29) is 5.56 Å². The number of methoxy groups -OCH3 is 1. The van der Waals surface area contributed by atoms with E-state index in [1.165, 1.54) is 39.0 Å². The Balaban J connectivity index is 1.07. The zero-order valence-electron chi connectivity index (χ0n) is 56.1. The molecule has 6 heterocycles. The molecule has 5 amide bonds. The number of ether oxygens (including phenoxy) is 13. The minimum atomic E-state index is -2.07. The van der Waals surface area contributed by atoms with Crippen molar-refractivity contribution in [3.63, 3.8) is 0 Å². The van der Waals surface area contributed by atoms with Crippen LogP contribution in [0, 0.1) is 0 Å². The van der Waals surface area contributed by atoms with Gasteiger partial charge in [0.25, 0.3) is 5.91 Å². The fourth-order valence-corrected chi connectivity index (χ4v) is 12.7. The molecule has 6 fully saturated rings. The molecule has 36 nitrogen and oxygen atoms in total. The number of allylic oxidation sites excluding steroid dienone is 2. The third-order valence-corrected chi connectivity index (χ3v) is 17.8. The Morgan fingerprint density at radius 3 is 1.35 bits per heavy atom. The van der Waals surface area contributed by atoms with Crippen molar-refractivity contribution in [2.24, 2.45) is 0 Å². The number of unbranched alkanes of at least 4 members (excludes halogenated alkanes) is 5. The number of carbonyl (C=O) groups is 5. The van der Waals surface area contributed by atoms with E-state index in [0.29, 0.717) is 18.8 Å². The number of amides is 5. The smallest absolute Gasteiger partial charge is 0.251 e. The van der Waals surface area contributed by atoms with Crippen molar-refractivity contribution in [1.82, 2.24) is 26.6 Å². The van der Waals surface area contributed by atoms with Crippen LogP contribution in [0.3, 0.4) is 0 Å². The molecule has 14 unspecified atom stereocenters. The summed E-state index contributed by atoms with van der Waals surface area (Å²) in [5, 5.41) is 158. The average Bonchev–Trinajstić information content (AvgIpc) is 0.771. The summed E-state index contributed by atoms with van der Waals surface area (Å²) in [6, 6.07) is -2.45. The summed E-state index contributed by atoms with van der Waals surface area (Å²) < 4.78 is 77.9. The first-order valence-corrected chi connectivity index (χ1v) is 33.2. The Bertz CT molecular complexity index is 2730.